The molecule has 0 aliphatic rings. The molecule has 1 aromatic rings. The van der Waals surface area contributed by atoms with Crippen molar-refractivity contribution < 1.29 is 8.42 Å². The molecule has 0 aromatic carbocycles. The summed E-state index contributed by atoms with van der Waals surface area (Å²) in [5, 5.41) is 3.88. The third kappa shape index (κ3) is 2.55. The molecule has 15 heavy (non-hydrogen) atoms. The molecular weight excluding hydrogens is 216 g/mol. The quantitative estimate of drug-likeness (QED) is 0.722. The van der Waals surface area contributed by atoms with E-state index in [1.54, 1.807) is 20.9 Å². The molecule has 0 unspecified atom stereocenters. The fourth-order valence-corrected chi connectivity index (χ4v) is 2.58. The molecule has 0 radical (unpaired) electrons. The summed E-state index contributed by atoms with van der Waals surface area (Å²) < 4.78 is 27.6. The Kier molecular flexibility index (Phi) is 3.48. The Balaban J connectivity index is 3.02. The van der Waals surface area contributed by atoms with Gasteiger partial charge in [0, 0.05) is 19.6 Å². The molecule has 1 heterocycles. The summed E-state index contributed by atoms with van der Waals surface area (Å²) in [5.74, 6) is 0. The summed E-state index contributed by atoms with van der Waals surface area (Å²) in [6.45, 7) is 3.68. The van der Waals surface area contributed by atoms with E-state index in [2.05, 4.69) is 9.82 Å². The van der Waals surface area contributed by atoms with Crippen LogP contribution in [0.4, 0.5) is 0 Å². The Bertz CT molecular complexity index is 437. The van der Waals surface area contributed by atoms with Crippen molar-refractivity contribution in [2.75, 3.05) is 6.54 Å². The van der Waals surface area contributed by atoms with E-state index in [0.717, 1.165) is 0 Å². The number of hydrogen-bond acceptors (Lipinski definition) is 4. The second-order valence-corrected chi connectivity index (χ2v) is 5.16. The summed E-state index contributed by atoms with van der Waals surface area (Å²) in [7, 11) is -1.80. The first-order valence-corrected chi connectivity index (χ1v) is 6.07. The van der Waals surface area contributed by atoms with Crippen molar-refractivity contribution in [3.63, 3.8) is 0 Å². The number of nitrogens with zero attached hydrogens (tertiary/aromatic N) is 2. The number of nitrogens with two attached hydrogens (primary N) is 1. The van der Waals surface area contributed by atoms with E-state index in [1.807, 2.05) is 0 Å². The molecular formula is C8H16N4O2S. The SMILES string of the molecule is Cc1c(S(=O)(=O)N[C@H](C)CN)cnn1C. The Morgan fingerprint density at radius 2 is 2.27 bits per heavy atom. The zero-order chi connectivity index (χ0) is 11.6. The van der Waals surface area contributed by atoms with Crippen molar-refractivity contribution in [3.05, 3.63) is 11.9 Å². The second-order valence-electron chi connectivity index (χ2n) is 3.48. The van der Waals surface area contributed by atoms with Gasteiger partial charge in [-0.1, -0.05) is 0 Å². The van der Waals surface area contributed by atoms with Gasteiger partial charge in [0.15, 0.2) is 0 Å². The summed E-state index contributed by atoms with van der Waals surface area (Å²) in [6.07, 6.45) is 1.33. The molecule has 3 N–H and O–H groups in total. The molecule has 0 bridgehead atoms. The molecule has 0 amide bonds. The van der Waals surface area contributed by atoms with Crippen LogP contribution in [-0.4, -0.2) is 30.8 Å². The van der Waals surface area contributed by atoms with Gasteiger partial charge in [0.1, 0.15) is 4.90 Å². The van der Waals surface area contributed by atoms with Crippen molar-refractivity contribution in [2.45, 2.75) is 24.8 Å². The van der Waals surface area contributed by atoms with Gasteiger partial charge in [0.2, 0.25) is 10.0 Å². The van der Waals surface area contributed by atoms with Crippen LogP contribution < -0.4 is 10.5 Å². The lowest BCUT2D eigenvalue weighted by molar-refractivity contribution is 0.561. The molecule has 7 heteroatoms. The number of rotatable bonds is 4. The van der Waals surface area contributed by atoms with Crippen molar-refractivity contribution in [3.8, 4) is 0 Å². The Morgan fingerprint density at radius 1 is 1.67 bits per heavy atom. The van der Waals surface area contributed by atoms with Gasteiger partial charge in [-0.3, -0.25) is 4.68 Å². The van der Waals surface area contributed by atoms with Crippen LogP contribution in [-0.2, 0) is 17.1 Å². The van der Waals surface area contributed by atoms with Crippen LogP contribution in [0, 0.1) is 6.92 Å². The molecule has 1 aromatic heterocycles. The predicted octanol–water partition coefficient (Wildman–Crippen LogP) is -0.646. The van der Waals surface area contributed by atoms with Gasteiger partial charge in [0.25, 0.3) is 0 Å². The zero-order valence-corrected chi connectivity index (χ0v) is 9.87. The second kappa shape index (κ2) is 4.30. The number of aromatic nitrogens is 2. The summed E-state index contributed by atoms with van der Waals surface area (Å²) in [4.78, 5) is 0.199. The fourth-order valence-electron chi connectivity index (χ4n) is 1.12. The van der Waals surface area contributed by atoms with E-state index >= 15 is 0 Å². The lowest BCUT2D eigenvalue weighted by atomic mass is 10.4. The van der Waals surface area contributed by atoms with Crippen molar-refractivity contribution in [1.82, 2.24) is 14.5 Å². The molecule has 0 fully saturated rings. The highest BCUT2D eigenvalue weighted by Crippen LogP contribution is 2.12. The minimum absolute atomic E-state index is 0.199. The molecule has 1 atom stereocenters. The number of sulfonamides is 1. The predicted molar refractivity (Wildman–Crippen MR) is 56.8 cm³/mol. The lowest BCUT2D eigenvalue weighted by Crippen LogP contribution is -2.37. The topological polar surface area (TPSA) is 90.0 Å². The van der Waals surface area contributed by atoms with Gasteiger partial charge >= 0.3 is 0 Å². The maximum atomic E-state index is 11.8. The number of hydrogen-bond donors (Lipinski definition) is 2. The molecule has 86 valence electrons. The minimum Gasteiger partial charge on any atom is -0.329 e. The smallest absolute Gasteiger partial charge is 0.244 e. The molecule has 0 aliphatic carbocycles. The maximum absolute atomic E-state index is 11.8. The average Bonchev–Trinajstić information content (AvgIpc) is 2.47. The third-order valence-corrected chi connectivity index (χ3v) is 3.88. The maximum Gasteiger partial charge on any atom is 0.244 e. The molecule has 0 aliphatic heterocycles. The van der Waals surface area contributed by atoms with E-state index in [1.165, 1.54) is 10.9 Å². The van der Waals surface area contributed by atoms with Crippen molar-refractivity contribution >= 4 is 10.0 Å². The van der Waals surface area contributed by atoms with Gasteiger partial charge in [0.05, 0.1) is 11.9 Å². The van der Waals surface area contributed by atoms with Crippen LogP contribution in [0.15, 0.2) is 11.1 Å². The Morgan fingerprint density at radius 3 is 2.67 bits per heavy atom. The zero-order valence-electron chi connectivity index (χ0n) is 9.06. The highest BCUT2D eigenvalue weighted by atomic mass is 32.2. The number of nitrogens with one attached hydrogen (secondary N) is 1. The average molecular weight is 232 g/mol. The van der Waals surface area contributed by atoms with Gasteiger partial charge in [-0.15, -0.1) is 0 Å². The Hall–Kier alpha value is -0.920. The van der Waals surface area contributed by atoms with Crippen LogP contribution in [0.1, 0.15) is 12.6 Å². The fraction of sp³-hybridized carbons (Fsp3) is 0.625. The van der Waals surface area contributed by atoms with Crippen LogP contribution in [0.2, 0.25) is 0 Å². The highest BCUT2D eigenvalue weighted by Gasteiger charge is 2.21. The molecule has 0 saturated carbocycles. The van der Waals surface area contributed by atoms with E-state index < -0.39 is 10.0 Å². The van der Waals surface area contributed by atoms with Gasteiger partial charge in [-0.2, -0.15) is 5.10 Å². The summed E-state index contributed by atoms with van der Waals surface area (Å²) >= 11 is 0. The van der Waals surface area contributed by atoms with E-state index in [-0.39, 0.29) is 17.5 Å². The van der Waals surface area contributed by atoms with Crippen molar-refractivity contribution in [2.24, 2.45) is 12.8 Å². The third-order valence-electron chi connectivity index (χ3n) is 2.19. The Labute approximate surface area is 89.5 Å². The standard InChI is InChI=1S/C8H16N4O2S/c1-6(4-9)11-15(13,14)8-5-10-12(3)7(8)2/h5-6,11H,4,9H2,1-3H3/t6-/m1/s1. The summed E-state index contributed by atoms with van der Waals surface area (Å²) in [6, 6.07) is -0.283. The van der Waals surface area contributed by atoms with Gasteiger partial charge < -0.3 is 5.73 Å². The molecule has 0 spiro atoms. The normalized spacial score (nSPS) is 14.1. The van der Waals surface area contributed by atoms with Crippen LogP contribution in [0.25, 0.3) is 0 Å². The van der Waals surface area contributed by atoms with Crippen molar-refractivity contribution in [1.29, 1.82) is 0 Å². The van der Waals surface area contributed by atoms with Crippen LogP contribution in [0.5, 0.6) is 0 Å². The van der Waals surface area contributed by atoms with Gasteiger partial charge in [-0.05, 0) is 13.8 Å². The molecule has 6 nitrogen and oxygen atoms in total. The first-order valence-electron chi connectivity index (χ1n) is 4.59. The molecule has 0 saturated heterocycles. The highest BCUT2D eigenvalue weighted by molar-refractivity contribution is 7.89. The number of aryl methyl sites for hydroxylation is 1. The van der Waals surface area contributed by atoms with E-state index in [4.69, 9.17) is 5.73 Å². The lowest BCUT2D eigenvalue weighted by Gasteiger charge is -2.11. The monoisotopic (exact) mass is 232 g/mol. The first-order chi connectivity index (χ1) is 6.88. The van der Waals surface area contributed by atoms with E-state index in [0.29, 0.717) is 5.69 Å². The minimum atomic E-state index is -3.49. The van der Waals surface area contributed by atoms with E-state index in [9.17, 15) is 8.42 Å². The first kappa shape index (κ1) is 12.2. The van der Waals surface area contributed by atoms with Gasteiger partial charge in [-0.25, -0.2) is 13.1 Å². The molecule has 1 rings (SSSR count). The van der Waals surface area contributed by atoms with Crippen LogP contribution >= 0.6 is 0 Å². The summed E-state index contributed by atoms with van der Waals surface area (Å²) in [5.41, 5.74) is 5.96. The van der Waals surface area contributed by atoms with Crippen LogP contribution in [0.3, 0.4) is 0 Å². The largest absolute Gasteiger partial charge is 0.329 e.